The van der Waals surface area contributed by atoms with Crippen molar-refractivity contribution >= 4 is 23.4 Å². The molecule has 6 nitrogen and oxygen atoms in total. The van der Waals surface area contributed by atoms with Crippen molar-refractivity contribution in [2.24, 2.45) is 0 Å². The zero-order valence-corrected chi connectivity index (χ0v) is 15.8. The van der Waals surface area contributed by atoms with E-state index in [4.69, 9.17) is 4.74 Å². The summed E-state index contributed by atoms with van der Waals surface area (Å²) in [5, 5.41) is 3.34. The summed E-state index contributed by atoms with van der Waals surface area (Å²) < 4.78 is 5.58. The van der Waals surface area contributed by atoms with Gasteiger partial charge in [0.25, 0.3) is 5.56 Å². The van der Waals surface area contributed by atoms with Crippen LogP contribution in [0.4, 0.5) is 5.69 Å². The first-order valence-electron chi connectivity index (χ1n) is 8.82. The zero-order valence-electron chi connectivity index (χ0n) is 15.0. The second kappa shape index (κ2) is 8.40. The molecule has 1 aromatic carbocycles. The Morgan fingerprint density at radius 3 is 2.73 bits per heavy atom. The summed E-state index contributed by atoms with van der Waals surface area (Å²) in [5.74, 6) is 0.808. The molecular formula is C19H23N3O3S. The highest BCUT2D eigenvalue weighted by Gasteiger charge is 2.16. The Morgan fingerprint density at radius 1 is 1.27 bits per heavy atom. The molecule has 0 aliphatic heterocycles. The van der Waals surface area contributed by atoms with Gasteiger partial charge >= 0.3 is 0 Å². The SMILES string of the molecule is CC(C)Oc1ccc(NC(=O)CSc2nc3c(c(=O)[nH]2)CCCC3)cc1. The third kappa shape index (κ3) is 4.88. The predicted octanol–water partition coefficient (Wildman–Crippen LogP) is 3.17. The van der Waals surface area contributed by atoms with Crippen molar-refractivity contribution in [2.45, 2.75) is 50.8 Å². The lowest BCUT2D eigenvalue weighted by Crippen LogP contribution is -2.22. The molecule has 0 saturated carbocycles. The third-order valence-corrected chi connectivity index (χ3v) is 4.89. The number of nitrogens with one attached hydrogen (secondary N) is 2. The van der Waals surface area contributed by atoms with Crippen LogP contribution >= 0.6 is 11.8 Å². The van der Waals surface area contributed by atoms with Gasteiger partial charge in [0.05, 0.1) is 17.6 Å². The molecule has 138 valence electrons. The van der Waals surface area contributed by atoms with E-state index in [1.54, 1.807) is 12.1 Å². The molecule has 2 N–H and O–H groups in total. The summed E-state index contributed by atoms with van der Waals surface area (Å²) >= 11 is 1.24. The van der Waals surface area contributed by atoms with Gasteiger partial charge < -0.3 is 15.0 Å². The number of aromatic nitrogens is 2. The molecule has 1 aliphatic rings. The van der Waals surface area contributed by atoms with E-state index in [0.29, 0.717) is 10.8 Å². The number of rotatable bonds is 6. The molecule has 0 spiro atoms. The number of carbonyl (C=O) groups is 1. The van der Waals surface area contributed by atoms with Crippen LogP contribution in [0.3, 0.4) is 0 Å². The summed E-state index contributed by atoms with van der Waals surface area (Å²) in [5.41, 5.74) is 2.31. The Morgan fingerprint density at radius 2 is 2.00 bits per heavy atom. The summed E-state index contributed by atoms with van der Waals surface area (Å²) in [6.07, 6.45) is 3.83. The highest BCUT2D eigenvalue weighted by Crippen LogP contribution is 2.20. The number of amides is 1. The molecule has 0 bridgehead atoms. The van der Waals surface area contributed by atoms with Crippen molar-refractivity contribution < 1.29 is 9.53 Å². The molecule has 0 atom stereocenters. The number of nitrogens with zero attached hydrogens (tertiary/aromatic N) is 1. The van der Waals surface area contributed by atoms with Crippen LogP contribution in [0.15, 0.2) is 34.2 Å². The van der Waals surface area contributed by atoms with Crippen LogP contribution in [-0.2, 0) is 17.6 Å². The fourth-order valence-electron chi connectivity index (χ4n) is 2.87. The smallest absolute Gasteiger partial charge is 0.254 e. The highest BCUT2D eigenvalue weighted by molar-refractivity contribution is 7.99. The summed E-state index contributed by atoms with van der Waals surface area (Å²) in [6.45, 7) is 3.93. The van der Waals surface area contributed by atoms with Gasteiger partial charge in [0.15, 0.2) is 5.16 Å². The Balaban J connectivity index is 1.56. The molecule has 1 heterocycles. The quantitative estimate of drug-likeness (QED) is 0.600. The van der Waals surface area contributed by atoms with E-state index < -0.39 is 0 Å². The van der Waals surface area contributed by atoms with Crippen LogP contribution < -0.4 is 15.6 Å². The molecule has 0 fully saturated rings. The summed E-state index contributed by atoms with van der Waals surface area (Å²) in [4.78, 5) is 31.5. The Bertz CT molecular complexity index is 831. The van der Waals surface area contributed by atoms with Crippen LogP contribution in [-0.4, -0.2) is 27.7 Å². The number of ether oxygens (including phenoxy) is 1. The van der Waals surface area contributed by atoms with Crippen molar-refractivity contribution in [1.29, 1.82) is 0 Å². The number of thioether (sulfide) groups is 1. The van der Waals surface area contributed by atoms with Crippen LogP contribution in [0.5, 0.6) is 5.75 Å². The van der Waals surface area contributed by atoms with Crippen molar-refractivity contribution in [2.75, 3.05) is 11.1 Å². The molecular weight excluding hydrogens is 350 g/mol. The van der Waals surface area contributed by atoms with Crippen molar-refractivity contribution in [3.8, 4) is 5.75 Å². The monoisotopic (exact) mass is 373 g/mol. The number of aryl methyl sites for hydroxylation is 1. The van der Waals surface area contributed by atoms with E-state index in [1.807, 2.05) is 26.0 Å². The first-order valence-corrected chi connectivity index (χ1v) is 9.81. The third-order valence-electron chi connectivity index (χ3n) is 4.02. The van der Waals surface area contributed by atoms with E-state index in [1.165, 1.54) is 11.8 Å². The average molecular weight is 373 g/mol. The minimum atomic E-state index is -0.145. The highest BCUT2D eigenvalue weighted by atomic mass is 32.2. The number of anilines is 1. The van der Waals surface area contributed by atoms with Crippen LogP contribution in [0.1, 0.15) is 37.9 Å². The molecule has 2 aromatic rings. The van der Waals surface area contributed by atoms with Gasteiger partial charge in [-0.2, -0.15) is 0 Å². The second-order valence-corrected chi connectivity index (χ2v) is 7.50. The maximum absolute atomic E-state index is 12.1. The fraction of sp³-hybridized carbons (Fsp3) is 0.421. The number of carbonyl (C=O) groups excluding carboxylic acids is 1. The Kier molecular flexibility index (Phi) is 5.98. The topological polar surface area (TPSA) is 84.1 Å². The zero-order chi connectivity index (χ0) is 18.5. The number of fused-ring (bicyclic) bond motifs is 1. The number of hydrogen-bond donors (Lipinski definition) is 2. The second-order valence-electron chi connectivity index (χ2n) is 6.53. The van der Waals surface area contributed by atoms with E-state index in [9.17, 15) is 9.59 Å². The minimum absolute atomic E-state index is 0.0710. The first-order chi connectivity index (χ1) is 12.5. The number of benzene rings is 1. The fourth-order valence-corrected chi connectivity index (χ4v) is 3.55. The molecule has 26 heavy (non-hydrogen) atoms. The van der Waals surface area contributed by atoms with Crippen LogP contribution in [0.25, 0.3) is 0 Å². The average Bonchev–Trinajstić information content (AvgIpc) is 2.61. The lowest BCUT2D eigenvalue weighted by molar-refractivity contribution is -0.113. The summed E-state index contributed by atoms with van der Waals surface area (Å²) in [6, 6.07) is 7.26. The van der Waals surface area contributed by atoms with Crippen LogP contribution in [0.2, 0.25) is 0 Å². The number of aromatic amines is 1. The largest absolute Gasteiger partial charge is 0.491 e. The van der Waals surface area contributed by atoms with E-state index in [2.05, 4.69) is 15.3 Å². The van der Waals surface area contributed by atoms with Gasteiger partial charge in [0.2, 0.25) is 5.91 Å². The molecule has 0 unspecified atom stereocenters. The molecule has 1 aliphatic carbocycles. The van der Waals surface area contributed by atoms with Gasteiger partial charge in [-0.15, -0.1) is 0 Å². The van der Waals surface area contributed by atoms with Gasteiger partial charge in [0, 0.05) is 11.3 Å². The van der Waals surface area contributed by atoms with Gasteiger partial charge in [-0.1, -0.05) is 11.8 Å². The van der Waals surface area contributed by atoms with Crippen LogP contribution in [0, 0.1) is 0 Å². The molecule has 3 rings (SSSR count). The van der Waals surface area contributed by atoms with Crippen molar-refractivity contribution in [3.05, 3.63) is 45.9 Å². The lowest BCUT2D eigenvalue weighted by atomic mass is 9.97. The maximum atomic E-state index is 12.1. The molecule has 1 aromatic heterocycles. The Hall–Kier alpha value is -2.28. The predicted molar refractivity (Wildman–Crippen MR) is 103 cm³/mol. The van der Waals surface area contributed by atoms with Crippen molar-refractivity contribution in [1.82, 2.24) is 9.97 Å². The normalized spacial score (nSPS) is 13.3. The van der Waals surface area contributed by atoms with Gasteiger partial charge in [-0.25, -0.2) is 4.98 Å². The Labute approximate surface area is 156 Å². The van der Waals surface area contributed by atoms with E-state index in [0.717, 1.165) is 42.7 Å². The van der Waals surface area contributed by atoms with E-state index in [-0.39, 0.29) is 23.3 Å². The maximum Gasteiger partial charge on any atom is 0.254 e. The van der Waals surface area contributed by atoms with Gasteiger partial charge in [0.1, 0.15) is 5.75 Å². The number of H-pyrrole nitrogens is 1. The first kappa shape index (κ1) is 18.5. The molecule has 1 amide bonds. The molecule has 0 saturated heterocycles. The lowest BCUT2D eigenvalue weighted by Gasteiger charge is -2.14. The number of hydrogen-bond acceptors (Lipinski definition) is 5. The molecule has 7 heteroatoms. The summed E-state index contributed by atoms with van der Waals surface area (Å²) in [7, 11) is 0. The van der Waals surface area contributed by atoms with Gasteiger partial charge in [-0.3, -0.25) is 9.59 Å². The standard InChI is InChI=1S/C19H23N3O3S/c1-12(2)25-14-9-7-13(8-10-14)20-17(23)11-26-19-21-16-6-4-3-5-15(16)18(24)22-19/h7-10,12H,3-6,11H2,1-2H3,(H,20,23)(H,21,22,24). The van der Waals surface area contributed by atoms with Gasteiger partial charge in [-0.05, 0) is 63.8 Å². The molecule has 0 radical (unpaired) electrons. The minimum Gasteiger partial charge on any atom is -0.491 e. The van der Waals surface area contributed by atoms with E-state index >= 15 is 0 Å². The van der Waals surface area contributed by atoms with Crippen molar-refractivity contribution in [3.63, 3.8) is 0 Å².